The third-order valence-corrected chi connectivity index (χ3v) is 3.13. The lowest BCUT2D eigenvalue weighted by Gasteiger charge is -2.07. The number of rotatable bonds is 5. The molecule has 0 spiro atoms. The Morgan fingerprint density at radius 1 is 1.29 bits per heavy atom. The number of oxime groups is 1. The van der Waals surface area contributed by atoms with Crippen LogP contribution in [0.25, 0.3) is 0 Å². The number of nitrogens with two attached hydrogens (primary N) is 1. The average molecular weight is 309 g/mol. The number of methoxy groups -OCH3 is 1. The van der Waals surface area contributed by atoms with E-state index in [1.54, 1.807) is 19.2 Å². The highest BCUT2D eigenvalue weighted by Crippen LogP contribution is 2.19. The predicted molar refractivity (Wildman–Crippen MR) is 79.9 cm³/mol. The first-order valence-electron chi connectivity index (χ1n) is 6.14. The van der Waals surface area contributed by atoms with Gasteiger partial charge in [0, 0.05) is 5.56 Å². The average Bonchev–Trinajstić information content (AvgIpc) is 2.49. The summed E-state index contributed by atoms with van der Waals surface area (Å²) in [5.74, 6) is 0.383. The van der Waals surface area contributed by atoms with Crippen molar-refractivity contribution < 1.29 is 14.0 Å². The van der Waals surface area contributed by atoms with Gasteiger partial charge < -0.3 is 15.3 Å². The van der Waals surface area contributed by atoms with Crippen molar-refractivity contribution in [2.24, 2.45) is 10.9 Å². The second kappa shape index (κ2) is 6.95. The minimum absolute atomic E-state index is 0.0922. The Morgan fingerprint density at radius 3 is 2.76 bits per heavy atom. The van der Waals surface area contributed by atoms with Crippen LogP contribution in [0.2, 0.25) is 5.02 Å². The maximum Gasteiger partial charge on any atom is 0.174 e. The second-order valence-corrected chi connectivity index (χ2v) is 4.59. The molecule has 0 bridgehead atoms. The van der Waals surface area contributed by atoms with E-state index in [1.165, 1.54) is 18.2 Å². The molecule has 0 heterocycles. The van der Waals surface area contributed by atoms with Crippen LogP contribution in [0.5, 0.6) is 5.75 Å². The van der Waals surface area contributed by atoms with Crippen LogP contribution < -0.4 is 10.5 Å². The molecule has 0 aliphatic carbocycles. The highest BCUT2D eigenvalue weighted by molar-refractivity contribution is 6.31. The van der Waals surface area contributed by atoms with Crippen molar-refractivity contribution in [1.29, 1.82) is 0 Å². The van der Waals surface area contributed by atoms with Gasteiger partial charge in [0.15, 0.2) is 5.84 Å². The van der Waals surface area contributed by atoms with Crippen LogP contribution in [0.1, 0.15) is 11.1 Å². The Labute approximate surface area is 126 Å². The van der Waals surface area contributed by atoms with Crippen LogP contribution in [0.15, 0.2) is 47.6 Å². The summed E-state index contributed by atoms with van der Waals surface area (Å²) in [5, 5.41) is 4.10. The molecule has 0 radical (unpaired) electrons. The molecule has 0 amide bonds. The van der Waals surface area contributed by atoms with Crippen LogP contribution in [0.3, 0.4) is 0 Å². The van der Waals surface area contributed by atoms with Crippen molar-refractivity contribution in [1.82, 2.24) is 0 Å². The van der Waals surface area contributed by atoms with E-state index >= 15 is 0 Å². The zero-order valence-corrected chi connectivity index (χ0v) is 12.1. The van der Waals surface area contributed by atoms with Gasteiger partial charge in [0.05, 0.1) is 17.7 Å². The third kappa shape index (κ3) is 3.86. The fourth-order valence-electron chi connectivity index (χ4n) is 1.72. The number of benzene rings is 2. The van der Waals surface area contributed by atoms with Gasteiger partial charge in [-0.25, -0.2) is 4.39 Å². The third-order valence-electron chi connectivity index (χ3n) is 2.78. The molecular weight excluding hydrogens is 295 g/mol. The van der Waals surface area contributed by atoms with E-state index in [2.05, 4.69) is 5.16 Å². The van der Waals surface area contributed by atoms with Crippen molar-refractivity contribution in [3.05, 3.63) is 64.4 Å². The standard InChI is InChI=1S/C15H14ClFN2O2/c1-20-14-5-3-2-4-12(14)15(18)19-21-9-10-6-7-11(17)8-13(10)16/h2-8H,9H2,1H3,(H2,18,19). The first-order valence-corrected chi connectivity index (χ1v) is 6.52. The minimum Gasteiger partial charge on any atom is -0.496 e. The first-order chi connectivity index (χ1) is 10.1. The van der Waals surface area contributed by atoms with E-state index < -0.39 is 5.82 Å². The fourth-order valence-corrected chi connectivity index (χ4v) is 1.94. The minimum atomic E-state index is -0.402. The molecule has 0 aromatic heterocycles. The van der Waals surface area contributed by atoms with Crippen molar-refractivity contribution in [2.45, 2.75) is 6.61 Å². The normalized spacial score (nSPS) is 11.3. The van der Waals surface area contributed by atoms with E-state index in [0.717, 1.165) is 0 Å². The number of para-hydroxylation sites is 1. The highest BCUT2D eigenvalue weighted by Gasteiger charge is 2.07. The summed E-state index contributed by atoms with van der Waals surface area (Å²) in [4.78, 5) is 5.16. The fraction of sp³-hybridized carbons (Fsp3) is 0.133. The van der Waals surface area contributed by atoms with E-state index in [0.29, 0.717) is 16.9 Å². The molecule has 0 aliphatic rings. The molecule has 2 aromatic carbocycles. The van der Waals surface area contributed by atoms with Crippen LogP contribution in [0.4, 0.5) is 4.39 Å². The second-order valence-electron chi connectivity index (χ2n) is 4.19. The smallest absolute Gasteiger partial charge is 0.174 e. The number of ether oxygens (including phenoxy) is 1. The Morgan fingerprint density at radius 2 is 2.05 bits per heavy atom. The lowest BCUT2D eigenvalue weighted by molar-refractivity contribution is 0.130. The summed E-state index contributed by atoms with van der Waals surface area (Å²) in [6.45, 7) is 0.0922. The monoisotopic (exact) mass is 308 g/mol. The SMILES string of the molecule is COc1ccccc1/C(N)=N/OCc1ccc(F)cc1Cl. The molecule has 6 heteroatoms. The Balaban J connectivity index is 2.07. The van der Waals surface area contributed by atoms with Gasteiger partial charge in [-0.2, -0.15) is 0 Å². The number of nitrogens with zero attached hydrogens (tertiary/aromatic N) is 1. The molecule has 0 unspecified atom stereocenters. The molecule has 0 aliphatic heterocycles. The van der Waals surface area contributed by atoms with Gasteiger partial charge >= 0.3 is 0 Å². The number of hydrogen-bond acceptors (Lipinski definition) is 3. The molecule has 0 fully saturated rings. The Kier molecular flexibility index (Phi) is 5.00. The summed E-state index contributed by atoms with van der Waals surface area (Å²) in [6.07, 6.45) is 0. The van der Waals surface area contributed by atoms with Gasteiger partial charge in [-0.05, 0) is 24.3 Å². The van der Waals surface area contributed by atoms with Gasteiger partial charge in [0.2, 0.25) is 0 Å². The number of amidine groups is 1. The van der Waals surface area contributed by atoms with Crippen LogP contribution in [-0.4, -0.2) is 12.9 Å². The molecule has 21 heavy (non-hydrogen) atoms. The summed E-state index contributed by atoms with van der Waals surface area (Å²) in [5.41, 5.74) is 7.10. The quantitative estimate of drug-likeness (QED) is 0.523. The van der Waals surface area contributed by atoms with Crippen molar-refractivity contribution in [3.63, 3.8) is 0 Å². The van der Waals surface area contributed by atoms with E-state index in [4.69, 9.17) is 26.9 Å². The molecule has 110 valence electrons. The van der Waals surface area contributed by atoms with Gasteiger partial charge in [-0.1, -0.05) is 35.0 Å². The van der Waals surface area contributed by atoms with Crippen molar-refractivity contribution in [2.75, 3.05) is 7.11 Å². The zero-order chi connectivity index (χ0) is 15.2. The molecule has 0 atom stereocenters. The van der Waals surface area contributed by atoms with Gasteiger partial charge in [0.25, 0.3) is 0 Å². The Bertz CT molecular complexity index is 662. The molecule has 0 saturated heterocycles. The predicted octanol–water partition coefficient (Wildman–Crippen LogP) is 3.32. The summed E-state index contributed by atoms with van der Waals surface area (Å²) in [7, 11) is 1.55. The van der Waals surface area contributed by atoms with Crippen LogP contribution in [0, 0.1) is 5.82 Å². The number of hydrogen-bond donors (Lipinski definition) is 1. The summed E-state index contributed by atoms with van der Waals surface area (Å²) in [6, 6.07) is 11.2. The molecule has 2 rings (SSSR count). The lowest BCUT2D eigenvalue weighted by Crippen LogP contribution is -2.15. The van der Waals surface area contributed by atoms with Crippen molar-refractivity contribution in [3.8, 4) is 5.75 Å². The zero-order valence-electron chi connectivity index (χ0n) is 11.3. The summed E-state index contributed by atoms with van der Waals surface area (Å²) < 4.78 is 18.1. The van der Waals surface area contributed by atoms with E-state index in [1.807, 2.05) is 12.1 Å². The van der Waals surface area contributed by atoms with E-state index in [9.17, 15) is 4.39 Å². The molecule has 4 nitrogen and oxygen atoms in total. The van der Waals surface area contributed by atoms with Gasteiger partial charge in [-0.15, -0.1) is 0 Å². The Hall–Kier alpha value is -2.27. The molecule has 2 N–H and O–H groups in total. The van der Waals surface area contributed by atoms with Crippen molar-refractivity contribution >= 4 is 17.4 Å². The number of halogens is 2. The summed E-state index contributed by atoms with van der Waals surface area (Å²) >= 11 is 5.89. The molecule has 0 saturated carbocycles. The highest BCUT2D eigenvalue weighted by atomic mass is 35.5. The molecular formula is C15H14ClFN2O2. The van der Waals surface area contributed by atoms with Crippen LogP contribution in [-0.2, 0) is 11.4 Å². The van der Waals surface area contributed by atoms with Crippen LogP contribution >= 0.6 is 11.6 Å². The maximum absolute atomic E-state index is 12.9. The first kappa shape index (κ1) is 15.1. The largest absolute Gasteiger partial charge is 0.496 e. The topological polar surface area (TPSA) is 56.8 Å². The molecule has 2 aromatic rings. The van der Waals surface area contributed by atoms with Gasteiger partial charge in [-0.3, -0.25) is 0 Å². The van der Waals surface area contributed by atoms with Gasteiger partial charge in [0.1, 0.15) is 18.2 Å². The maximum atomic E-state index is 12.9. The van der Waals surface area contributed by atoms with E-state index in [-0.39, 0.29) is 17.5 Å². The lowest BCUT2D eigenvalue weighted by atomic mass is 10.2.